The fraction of sp³-hybridized carbons (Fsp3) is 0.400. The summed E-state index contributed by atoms with van der Waals surface area (Å²) in [7, 11) is -3.33. The Kier molecular flexibility index (Phi) is 3.16. The molecule has 15 heavy (non-hydrogen) atoms. The Balaban J connectivity index is 3.42. The van der Waals surface area contributed by atoms with E-state index in [0.29, 0.717) is 10.2 Å². The Hall–Kier alpha value is -0.550. The summed E-state index contributed by atoms with van der Waals surface area (Å²) in [4.78, 5) is 0.282. The molecule has 3 nitrogen and oxygen atoms in total. The van der Waals surface area contributed by atoms with Gasteiger partial charge in [0.05, 0.1) is 9.64 Å². The Labute approximate surface area is 98.7 Å². The number of benzene rings is 1. The highest BCUT2D eigenvalue weighted by molar-refractivity contribution is 9.10. The summed E-state index contributed by atoms with van der Waals surface area (Å²) in [6, 6.07) is 4.71. The maximum absolute atomic E-state index is 12.1. The molecule has 84 valence electrons. The molecule has 2 N–H and O–H groups in total. The second kappa shape index (κ2) is 3.79. The minimum absolute atomic E-state index is 0.282. The van der Waals surface area contributed by atoms with Crippen molar-refractivity contribution in [3.8, 4) is 0 Å². The molecule has 1 aromatic carbocycles. The molecule has 0 atom stereocenters. The highest BCUT2D eigenvalue weighted by atomic mass is 79.9. The van der Waals surface area contributed by atoms with E-state index in [2.05, 4.69) is 15.9 Å². The van der Waals surface area contributed by atoms with Gasteiger partial charge in [-0.2, -0.15) is 0 Å². The minimum atomic E-state index is -3.33. The van der Waals surface area contributed by atoms with Gasteiger partial charge >= 0.3 is 0 Å². The first-order valence-electron chi connectivity index (χ1n) is 4.46. The fourth-order valence-electron chi connectivity index (χ4n) is 1.06. The first-order valence-corrected chi connectivity index (χ1v) is 6.73. The van der Waals surface area contributed by atoms with Crippen molar-refractivity contribution in [3.05, 3.63) is 22.7 Å². The lowest BCUT2D eigenvalue weighted by atomic mass is 10.3. The van der Waals surface area contributed by atoms with Crippen molar-refractivity contribution < 1.29 is 8.42 Å². The number of sulfone groups is 1. The van der Waals surface area contributed by atoms with Crippen molar-refractivity contribution in [2.24, 2.45) is 0 Å². The number of hydrogen-bond acceptors (Lipinski definition) is 3. The van der Waals surface area contributed by atoms with Gasteiger partial charge in [0, 0.05) is 10.2 Å². The van der Waals surface area contributed by atoms with E-state index in [1.54, 1.807) is 32.9 Å². The zero-order valence-corrected chi connectivity index (χ0v) is 11.3. The average Bonchev–Trinajstić information content (AvgIpc) is 2.00. The third-order valence-corrected chi connectivity index (χ3v) is 5.52. The van der Waals surface area contributed by atoms with Crippen LogP contribution < -0.4 is 5.73 Å². The molecule has 1 aromatic rings. The molecule has 5 heteroatoms. The first kappa shape index (κ1) is 12.5. The van der Waals surface area contributed by atoms with Crippen molar-refractivity contribution in [3.63, 3.8) is 0 Å². The second-order valence-electron chi connectivity index (χ2n) is 4.31. The van der Waals surface area contributed by atoms with Crippen LogP contribution in [0.25, 0.3) is 0 Å². The molecule has 0 aliphatic heterocycles. The zero-order chi connectivity index (χ0) is 11.9. The van der Waals surface area contributed by atoms with Crippen LogP contribution in [0.3, 0.4) is 0 Å². The van der Waals surface area contributed by atoms with Crippen LogP contribution in [-0.2, 0) is 9.84 Å². The molecule has 0 fully saturated rings. The van der Waals surface area contributed by atoms with E-state index < -0.39 is 14.6 Å². The summed E-state index contributed by atoms with van der Waals surface area (Å²) in [6.07, 6.45) is 0. The Morgan fingerprint density at radius 3 is 2.20 bits per heavy atom. The topological polar surface area (TPSA) is 60.2 Å². The zero-order valence-electron chi connectivity index (χ0n) is 8.91. The molecule has 0 aliphatic carbocycles. The summed E-state index contributed by atoms with van der Waals surface area (Å²) in [5.41, 5.74) is 6.09. The van der Waals surface area contributed by atoms with Crippen LogP contribution in [0.15, 0.2) is 27.6 Å². The Bertz CT molecular complexity index is 475. The van der Waals surface area contributed by atoms with Crippen molar-refractivity contribution in [1.82, 2.24) is 0 Å². The summed E-state index contributed by atoms with van der Waals surface area (Å²) < 4.78 is 23.9. The summed E-state index contributed by atoms with van der Waals surface area (Å²) in [6.45, 7) is 5.02. The average molecular weight is 292 g/mol. The van der Waals surface area contributed by atoms with Crippen LogP contribution in [0.1, 0.15) is 20.8 Å². The van der Waals surface area contributed by atoms with Gasteiger partial charge < -0.3 is 5.73 Å². The molecule has 0 radical (unpaired) electrons. The third-order valence-electron chi connectivity index (χ3n) is 2.05. The fourth-order valence-corrected chi connectivity index (χ4v) is 3.32. The SMILES string of the molecule is CC(C)(C)S(=O)(=O)c1ccc(N)cc1Br. The Morgan fingerprint density at radius 1 is 1.27 bits per heavy atom. The van der Waals surface area contributed by atoms with Gasteiger partial charge in [0.1, 0.15) is 0 Å². The van der Waals surface area contributed by atoms with E-state index in [1.807, 2.05) is 0 Å². The van der Waals surface area contributed by atoms with E-state index in [0.717, 1.165) is 0 Å². The normalized spacial score (nSPS) is 12.8. The molecule has 0 unspecified atom stereocenters. The Morgan fingerprint density at radius 2 is 1.80 bits per heavy atom. The van der Waals surface area contributed by atoms with Crippen LogP contribution >= 0.6 is 15.9 Å². The van der Waals surface area contributed by atoms with Gasteiger partial charge in [0.2, 0.25) is 0 Å². The van der Waals surface area contributed by atoms with E-state index >= 15 is 0 Å². The van der Waals surface area contributed by atoms with E-state index in [-0.39, 0.29) is 4.90 Å². The molecule has 0 bridgehead atoms. The quantitative estimate of drug-likeness (QED) is 0.809. The van der Waals surface area contributed by atoms with Gasteiger partial charge in [-0.15, -0.1) is 0 Å². The number of rotatable bonds is 1. The predicted molar refractivity (Wildman–Crippen MR) is 65.5 cm³/mol. The number of halogens is 1. The predicted octanol–water partition coefficient (Wildman–Crippen LogP) is 2.60. The lowest BCUT2D eigenvalue weighted by Crippen LogP contribution is -2.28. The lowest BCUT2D eigenvalue weighted by molar-refractivity contribution is 0.560. The molecule has 0 aromatic heterocycles. The number of nitrogens with two attached hydrogens (primary N) is 1. The van der Waals surface area contributed by atoms with Crippen LogP contribution in [-0.4, -0.2) is 13.2 Å². The van der Waals surface area contributed by atoms with Gasteiger partial charge in [-0.05, 0) is 54.9 Å². The summed E-state index contributed by atoms with van der Waals surface area (Å²) in [5.74, 6) is 0. The van der Waals surface area contributed by atoms with Gasteiger partial charge in [0.15, 0.2) is 9.84 Å². The van der Waals surface area contributed by atoms with Crippen molar-refractivity contribution in [2.75, 3.05) is 5.73 Å². The number of nitrogen functional groups attached to an aromatic ring is 1. The van der Waals surface area contributed by atoms with Crippen molar-refractivity contribution in [2.45, 2.75) is 30.4 Å². The van der Waals surface area contributed by atoms with E-state index in [4.69, 9.17) is 5.73 Å². The molecule has 0 saturated heterocycles. The third kappa shape index (κ3) is 2.34. The maximum Gasteiger partial charge on any atom is 0.184 e. The molecular formula is C10H14BrNO2S. The number of hydrogen-bond donors (Lipinski definition) is 1. The highest BCUT2D eigenvalue weighted by Gasteiger charge is 2.32. The molecule has 0 aliphatic rings. The van der Waals surface area contributed by atoms with Crippen molar-refractivity contribution >= 4 is 31.5 Å². The monoisotopic (exact) mass is 291 g/mol. The van der Waals surface area contributed by atoms with Crippen LogP contribution in [0.5, 0.6) is 0 Å². The maximum atomic E-state index is 12.1. The van der Waals surface area contributed by atoms with Gasteiger partial charge in [-0.3, -0.25) is 0 Å². The van der Waals surface area contributed by atoms with Crippen LogP contribution in [0.4, 0.5) is 5.69 Å². The smallest absolute Gasteiger partial charge is 0.184 e. The lowest BCUT2D eigenvalue weighted by Gasteiger charge is -2.20. The van der Waals surface area contributed by atoms with Gasteiger partial charge in [0.25, 0.3) is 0 Å². The number of anilines is 1. The molecule has 0 amide bonds. The summed E-state index contributed by atoms with van der Waals surface area (Å²) >= 11 is 3.22. The second-order valence-corrected chi connectivity index (χ2v) is 7.83. The van der Waals surface area contributed by atoms with Crippen LogP contribution in [0, 0.1) is 0 Å². The van der Waals surface area contributed by atoms with Crippen LogP contribution in [0.2, 0.25) is 0 Å². The standard InChI is InChI=1S/C10H14BrNO2S/c1-10(2,3)15(13,14)9-5-4-7(12)6-8(9)11/h4-6H,12H2,1-3H3. The molecule has 0 spiro atoms. The highest BCUT2D eigenvalue weighted by Crippen LogP contribution is 2.31. The minimum Gasteiger partial charge on any atom is -0.399 e. The van der Waals surface area contributed by atoms with Gasteiger partial charge in [-0.1, -0.05) is 0 Å². The first-order chi connectivity index (χ1) is 6.66. The van der Waals surface area contributed by atoms with Crippen molar-refractivity contribution in [1.29, 1.82) is 0 Å². The molecular weight excluding hydrogens is 278 g/mol. The molecule has 1 rings (SSSR count). The van der Waals surface area contributed by atoms with Gasteiger partial charge in [-0.25, -0.2) is 8.42 Å². The van der Waals surface area contributed by atoms with E-state index in [1.165, 1.54) is 6.07 Å². The van der Waals surface area contributed by atoms with E-state index in [9.17, 15) is 8.42 Å². The largest absolute Gasteiger partial charge is 0.399 e. The summed E-state index contributed by atoms with van der Waals surface area (Å²) in [5, 5.41) is 0. The molecule has 0 saturated carbocycles. The molecule has 0 heterocycles.